The first-order chi connectivity index (χ1) is 16.6. The second-order valence-corrected chi connectivity index (χ2v) is 10.6. The van der Waals surface area contributed by atoms with Gasteiger partial charge >= 0.3 is 17.6 Å². The summed E-state index contributed by atoms with van der Waals surface area (Å²) in [5.41, 5.74) is -6.40. The minimum absolute atomic E-state index is 0.0644. The third kappa shape index (κ3) is 5.12. The highest BCUT2D eigenvalue weighted by atomic mass is 32.2. The summed E-state index contributed by atoms with van der Waals surface area (Å²) < 4.78 is 66.6. The van der Waals surface area contributed by atoms with Crippen molar-refractivity contribution in [2.75, 3.05) is 10.2 Å². The summed E-state index contributed by atoms with van der Waals surface area (Å²) in [5.74, 6) is -0.501. The molecule has 2 heterocycles. The van der Waals surface area contributed by atoms with Gasteiger partial charge in [0.25, 0.3) is 15.7 Å². The number of benzene rings is 1. The number of nitrogens with zero attached hydrogens (tertiary/aromatic N) is 3. The maximum absolute atomic E-state index is 13.2. The number of anilines is 2. The van der Waals surface area contributed by atoms with E-state index in [1.807, 2.05) is 0 Å². The van der Waals surface area contributed by atoms with Crippen LogP contribution < -0.4 is 10.2 Å². The van der Waals surface area contributed by atoms with Crippen LogP contribution in [-0.2, 0) is 25.9 Å². The highest BCUT2D eigenvalue weighted by Gasteiger charge is 2.52. The fraction of sp³-hybridized carbons (Fsp3) is 0.364. The minimum atomic E-state index is -5.58. The Morgan fingerprint density at radius 2 is 1.75 bits per heavy atom. The van der Waals surface area contributed by atoms with Gasteiger partial charge in [0.2, 0.25) is 0 Å². The molecule has 1 saturated heterocycles. The zero-order chi connectivity index (χ0) is 27.1. The number of nitrogens with one attached hydrogen (secondary N) is 1. The smallest absolute Gasteiger partial charge is 0.447 e. The summed E-state index contributed by atoms with van der Waals surface area (Å²) >= 11 is 0. The number of carbonyl (C=O) groups excluding carboxylic acids is 3. The standard InChI is InChI=1S/C22H23F3N4O6S/c1-13(2)35-19(31)27-17-11-14(9-10-26-17)12-28-20(32)29(18(30)21(28,3)4)15-5-7-16(8-6-15)36(33,34)22(23,24)25/h5-11,13H,12H2,1-4H3,(H,26,27,31). The second kappa shape index (κ2) is 9.41. The molecule has 4 amide bonds. The molecule has 1 aromatic carbocycles. The number of hydrogen-bond donors (Lipinski definition) is 1. The molecule has 1 aliphatic heterocycles. The van der Waals surface area contributed by atoms with Gasteiger partial charge in [-0.15, -0.1) is 0 Å². The lowest BCUT2D eigenvalue weighted by Gasteiger charge is -2.27. The molecule has 1 aliphatic rings. The number of ether oxygens (including phenoxy) is 1. The fourth-order valence-corrected chi connectivity index (χ4v) is 4.17. The van der Waals surface area contributed by atoms with E-state index >= 15 is 0 Å². The molecule has 10 nitrogen and oxygen atoms in total. The van der Waals surface area contributed by atoms with Gasteiger partial charge in [0.1, 0.15) is 11.4 Å². The molecule has 0 unspecified atom stereocenters. The molecule has 0 spiro atoms. The zero-order valence-corrected chi connectivity index (χ0v) is 20.5. The molecular formula is C22H23F3N4O6S. The lowest BCUT2D eigenvalue weighted by Crippen LogP contribution is -2.43. The van der Waals surface area contributed by atoms with Gasteiger partial charge in [-0.1, -0.05) is 0 Å². The third-order valence-electron chi connectivity index (χ3n) is 5.27. The monoisotopic (exact) mass is 528 g/mol. The summed E-state index contributed by atoms with van der Waals surface area (Å²) in [5, 5.41) is 2.46. The van der Waals surface area contributed by atoms with Crippen LogP contribution >= 0.6 is 0 Å². The molecule has 1 N–H and O–H groups in total. The highest BCUT2D eigenvalue weighted by Crippen LogP contribution is 2.35. The van der Waals surface area contributed by atoms with Crippen LogP contribution in [0.1, 0.15) is 33.3 Å². The molecular weight excluding hydrogens is 505 g/mol. The summed E-state index contributed by atoms with van der Waals surface area (Å²) in [7, 11) is -5.58. The predicted octanol–water partition coefficient (Wildman–Crippen LogP) is 4.08. The number of amides is 4. The van der Waals surface area contributed by atoms with Gasteiger partial charge < -0.3 is 9.64 Å². The number of hydrogen-bond acceptors (Lipinski definition) is 7. The third-order valence-corrected chi connectivity index (χ3v) is 6.77. The van der Waals surface area contributed by atoms with E-state index in [0.29, 0.717) is 17.7 Å². The molecule has 1 fully saturated rings. The van der Waals surface area contributed by atoms with Crippen LogP contribution in [0.5, 0.6) is 0 Å². The Hall–Kier alpha value is -3.68. The van der Waals surface area contributed by atoms with Gasteiger partial charge in [-0.3, -0.25) is 10.1 Å². The number of sulfone groups is 1. The van der Waals surface area contributed by atoms with Crippen LogP contribution in [0, 0.1) is 0 Å². The van der Waals surface area contributed by atoms with Gasteiger partial charge in [-0.2, -0.15) is 13.2 Å². The van der Waals surface area contributed by atoms with E-state index in [2.05, 4.69) is 10.3 Å². The second-order valence-electron chi connectivity index (χ2n) is 8.64. The number of urea groups is 1. The Bertz CT molecular complexity index is 1290. The zero-order valence-electron chi connectivity index (χ0n) is 19.7. The summed E-state index contributed by atoms with van der Waals surface area (Å²) in [4.78, 5) is 43.1. The number of pyridine rings is 1. The van der Waals surface area contributed by atoms with Gasteiger partial charge in [0, 0.05) is 12.7 Å². The van der Waals surface area contributed by atoms with Gasteiger partial charge in [0.15, 0.2) is 0 Å². The van der Waals surface area contributed by atoms with Crippen molar-refractivity contribution in [3.05, 3.63) is 48.2 Å². The Morgan fingerprint density at radius 1 is 1.14 bits per heavy atom. The average molecular weight is 529 g/mol. The molecule has 0 saturated carbocycles. The summed E-state index contributed by atoms with van der Waals surface area (Å²) in [6, 6.07) is 5.60. The Labute approximate surface area is 205 Å². The molecule has 0 aliphatic carbocycles. The first-order valence-electron chi connectivity index (χ1n) is 10.6. The van der Waals surface area contributed by atoms with Crippen molar-refractivity contribution in [3.8, 4) is 0 Å². The fourth-order valence-electron chi connectivity index (χ4n) is 3.41. The molecule has 0 bridgehead atoms. The van der Waals surface area contributed by atoms with E-state index in [9.17, 15) is 36.0 Å². The van der Waals surface area contributed by atoms with Crippen molar-refractivity contribution in [1.82, 2.24) is 9.88 Å². The van der Waals surface area contributed by atoms with Crippen molar-refractivity contribution >= 4 is 39.4 Å². The molecule has 0 atom stereocenters. The van der Waals surface area contributed by atoms with E-state index < -0.39 is 43.8 Å². The largest absolute Gasteiger partial charge is 0.501 e. The van der Waals surface area contributed by atoms with Crippen LogP contribution in [-0.4, -0.2) is 53.5 Å². The number of rotatable bonds is 6. The highest BCUT2D eigenvalue weighted by molar-refractivity contribution is 7.92. The quantitative estimate of drug-likeness (QED) is 0.560. The first kappa shape index (κ1) is 26.9. The van der Waals surface area contributed by atoms with Crippen molar-refractivity contribution in [1.29, 1.82) is 0 Å². The number of alkyl halides is 3. The number of carbonyl (C=O) groups is 3. The molecule has 36 heavy (non-hydrogen) atoms. The molecule has 3 rings (SSSR count). The van der Waals surface area contributed by atoms with Crippen LogP contribution in [0.3, 0.4) is 0 Å². The Morgan fingerprint density at radius 3 is 2.31 bits per heavy atom. The van der Waals surface area contributed by atoms with Crippen molar-refractivity contribution in [2.24, 2.45) is 0 Å². The van der Waals surface area contributed by atoms with E-state index in [-0.39, 0.29) is 24.2 Å². The van der Waals surface area contributed by atoms with Crippen molar-refractivity contribution in [3.63, 3.8) is 0 Å². The van der Waals surface area contributed by atoms with Crippen LogP contribution in [0.25, 0.3) is 0 Å². The molecule has 1 aromatic heterocycles. The van der Waals surface area contributed by atoms with Gasteiger partial charge in [-0.05, 0) is 69.7 Å². The van der Waals surface area contributed by atoms with Crippen LogP contribution in [0.2, 0.25) is 0 Å². The summed E-state index contributed by atoms with van der Waals surface area (Å²) in [6.45, 7) is 6.28. The Balaban J connectivity index is 1.84. The normalized spacial score (nSPS) is 16.0. The van der Waals surface area contributed by atoms with E-state index in [1.165, 1.54) is 31.0 Å². The number of halogens is 3. The molecule has 14 heteroatoms. The van der Waals surface area contributed by atoms with Crippen molar-refractivity contribution < 1.29 is 40.7 Å². The molecule has 0 radical (unpaired) electrons. The summed E-state index contributed by atoms with van der Waals surface area (Å²) in [6.07, 6.45) is 0.327. The van der Waals surface area contributed by atoms with Crippen molar-refractivity contribution in [2.45, 2.75) is 56.3 Å². The number of aromatic nitrogens is 1. The maximum atomic E-state index is 13.2. The SMILES string of the molecule is CC(C)OC(=O)Nc1cc(CN2C(=O)N(c3ccc(S(=O)(=O)C(F)(F)F)cc3)C(=O)C2(C)C)ccn1. The first-order valence-corrected chi connectivity index (χ1v) is 12.0. The maximum Gasteiger partial charge on any atom is 0.501 e. The van der Waals surface area contributed by atoms with Crippen LogP contribution in [0.4, 0.5) is 34.3 Å². The van der Waals surface area contributed by atoms with Gasteiger partial charge in [0.05, 0.1) is 16.7 Å². The van der Waals surface area contributed by atoms with E-state index in [1.54, 1.807) is 19.9 Å². The predicted molar refractivity (Wildman–Crippen MR) is 122 cm³/mol. The average Bonchev–Trinajstić information content (AvgIpc) is 2.92. The Kier molecular flexibility index (Phi) is 7.03. The van der Waals surface area contributed by atoms with Crippen LogP contribution in [0.15, 0.2) is 47.5 Å². The lowest BCUT2D eigenvalue weighted by molar-refractivity contribution is -0.123. The topological polar surface area (TPSA) is 126 Å². The minimum Gasteiger partial charge on any atom is -0.447 e. The number of imide groups is 1. The van der Waals surface area contributed by atoms with Gasteiger partial charge in [-0.25, -0.2) is 27.9 Å². The molecule has 194 valence electrons. The van der Waals surface area contributed by atoms with E-state index in [0.717, 1.165) is 17.0 Å². The van der Waals surface area contributed by atoms with E-state index in [4.69, 9.17) is 4.74 Å². The lowest BCUT2D eigenvalue weighted by atomic mass is 10.0. The molecule has 2 aromatic rings.